The molecule has 1 atom stereocenters. The van der Waals surface area contributed by atoms with Crippen LogP contribution in [0.1, 0.15) is 65.6 Å². The lowest BCUT2D eigenvalue weighted by molar-refractivity contribution is 0.0696. The highest BCUT2D eigenvalue weighted by Gasteiger charge is 2.26. The molecule has 2 N–H and O–H groups in total. The van der Waals surface area contributed by atoms with Crippen LogP contribution in [-0.2, 0) is 6.42 Å². The van der Waals surface area contributed by atoms with Gasteiger partial charge in [0.1, 0.15) is 0 Å². The lowest BCUT2D eigenvalue weighted by Gasteiger charge is -2.23. The van der Waals surface area contributed by atoms with E-state index < -0.39 is 5.97 Å². The molecule has 0 aromatic heterocycles. The Kier molecular flexibility index (Phi) is 9.67. The van der Waals surface area contributed by atoms with Crippen molar-refractivity contribution >= 4 is 17.6 Å². The van der Waals surface area contributed by atoms with Crippen LogP contribution in [-0.4, -0.2) is 30.1 Å². The zero-order valence-corrected chi connectivity index (χ0v) is 20.0. The molecule has 1 aliphatic heterocycles. The van der Waals surface area contributed by atoms with Gasteiger partial charge < -0.3 is 15.3 Å². The van der Waals surface area contributed by atoms with Crippen molar-refractivity contribution < 1.29 is 14.7 Å². The number of benzene rings is 2. The van der Waals surface area contributed by atoms with Crippen molar-refractivity contribution in [2.45, 2.75) is 40.2 Å². The summed E-state index contributed by atoms with van der Waals surface area (Å²) in [5, 5.41) is 12.1. The van der Waals surface area contributed by atoms with Gasteiger partial charge in [0.05, 0.1) is 22.9 Å². The minimum atomic E-state index is -0.967. The summed E-state index contributed by atoms with van der Waals surface area (Å²) in [6, 6.07) is 12.2. The molecule has 0 fully saturated rings. The minimum Gasteiger partial charge on any atom is -0.478 e. The van der Waals surface area contributed by atoms with Crippen molar-refractivity contribution in [3.8, 4) is 0 Å². The number of nitrogens with one attached hydrogen (secondary N) is 1. The number of hydrogen-bond donors (Lipinski definition) is 2. The number of hydrogen-bond acceptors (Lipinski definition) is 3. The summed E-state index contributed by atoms with van der Waals surface area (Å²) in [5.41, 5.74) is 5.02. The molecule has 0 saturated carbocycles. The number of fused-ring (bicyclic) bond motifs is 1. The number of anilines is 1. The molecular formula is C28H34N2O3. The fraction of sp³-hybridized carbons (Fsp3) is 0.286. The molecule has 0 spiro atoms. The predicted octanol–water partition coefficient (Wildman–Crippen LogP) is 5.95. The Hall–Kier alpha value is -3.60. The summed E-state index contributed by atoms with van der Waals surface area (Å²) in [6.07, 6.45) is 8.74. The van der Waals surface area contributed by atoms with Crippen molar-refractivity contribution in [3.63, 3.8) is 0 Å². The molecule has 0 saturated heterocycles. The zero-order chi connectivity index (χ0) is 24.4. The van der Waals surface area contributed by atoms with Crippen LogP contribution in [0.2, 0.25) is 0 Å². The third-order valence-electron chi connectivity index (χ3n) is 5.42. The second-order valence-corrected chi connectivity index (χ2v) is 7.58. The number of carboxylic acids is 1. The first-order valence-electron chi connectivity index (χ1n) is 11.4. The maximum absolute atomic E-state index is 13.2. The number of carboxylic acid groups (broad SMARTS) is 1. The van der Waals surface area contributed by atoms with E-state index in [1.807, 2.05) is 52.0 Å². The van der Waals surface area contributed by atoms with Crippen LogP contribution in [0.3, 0.4) is 0 Å². The predicted molar refractivity (Wildman–Crippen MR) is 136 cm³/mol. The molecule has 0 radical (unpaired) electrons. The Morgan fingerprint density at radius 3 is 2.48 bits per heavy atom. The highest BCUT2D eigenvalue weighted by molar-refractivity contribution is 6.01. The molecule has 33 heavy (non-hydrogen) atoms. The maximum atomic E-state index is 13.2. The average molecular weight is 447 g/mol. The first-order chi connectivity index (χ1) is 15.9. The molecule has 1 heterocycles. The average Bonchev–Trinajstić information content (AvgIpc) is 3.23. The molecule has 2 aromatic carbocycles. The van der Waals surface area contributed by atoms with Crippen molar-refractivity contribution in [2.24, 2.45) is 0 Å². The molecule has 1 aliphatic rings. The molecule has 5 heteroatoms. The van der Waals surface area contributed by atoms with Gasteiger partial charge in [-0.05, 0) is 55.2 Å². The second kappa shape index (κ2) is 12.4. The van der Waals surface area contributed by atoms with Crippen LogP contribution in [0.5, 0.6) is 0 Å². The Balaban J connectivity index is 0.00000187. The summed E-state index contributed by atoms with van der Waals surface area (Å²) in [6.45, 7) is 13.2. The van der Waals surface area contributed by atoms with Crippen LogP contribution in [0, 0.1) is 0 Å². The molecule has 1 amide bonds. The quantitative estimate of drug-likeness (QED) is 0.492. The standard InChI is InChI=1S/C26H28N2O3.C2H6/c1-4-7-19(8-5-2)17-28-16-15-21-9-6-10-23(24(21)28)25(29)27-18(3)20-11-13-22(14-12-20)26(30)31;1-2/h4-14,18H,1,15-17H2,2-3H3,(H,27,29)(H,30,31);1-2H3/b8-5-,19-7+;/t18-;/m0./s1. The van der Waals surface area contributed by atoms with Gasteiger partial charge in [0.2, 0.25) is 0 Å². The zero-order valence-electron chi connectivity index (χ0n) is 20.0. The number of nitrogens with zero attached hydrogens (tertiary/aromatic N) is 1. The van der Waals surface area contributed by atoms with Crippen LogP contribution < -0.4 is 10.2 Å². The SMILES string of the molecule is C=C/C=C(\C=C/C)CN1CCc2cccc(C(=O)N[C@@H](C)c3ccc(C(=O)O)cc3)c21.CC. The van der Waals surface area contributed by atoms with E-state index in [9.17, 15) is 9.59 Å². The number of carbonyl (C=O) groups excluding carboxylic acids is 1. The summed E-state index contributed by atoms with van der Waals surface area (Å²) >= 11 is 0. The van der Waals surface area contributed by atoms with Gasteiger partial charge in [-0.1, -0.05) is 69.0 Å². The number of rotatable bonds is 8. The van der Waals surface area contributed by atoms with Crippen LogP contribution >= 0.6 is 0 Å². The first-order valence-corrected chi connectivity index (χ1v) is 11.4. The van der Waals surface area contributed by atoms with Gasteiger partial charge >= 0.3 is 5.97 Å². The van der Waals surface area contributed by atoms with E-state index in [-0.39, 0.29) is 17.5 Å². The summed E-state index contributed by atoms with van der Waals surface area (Å²) in [7, 11) is 0. The molecule has 174 valence electrons. The van der Waals surface area contributed by atoms with Gasteiger partial charge in [-0.2, -0.15) is 0 Å². The van der Waals surface area contributed by atoms with Crippen molar-refractivity contribution in [2.75, 3.05) is 18.0 Å². The molecule has 2 aromatic rings. The van der Waals surface area contributed by atoms with Gasteiger partial charge in [0.15, 0.2) is 0 Å². The largest absolute Gasteiger partial charge is 0.478 e. The smallest absolute Gasteiger partial charge is 0.335 e. The highest BCUT2D eigenvalue weighted by Crippen LogP contribution is 2.33. The van der Waals surface area contributed by atoms with E-state index in [0.29, 0.717) is 12.1 Å². The number of allylic oxidation sites excluding steroid dienone is 3. The van der Waals surface area contributed by atoms with E-state index >= 15 is 0 Å². The van der Waals surface area contributed by atoms with Crippen LogP contribution in [0.4, 0.5) is 5.69 Å². The van der Waals surface area contributed by atoms with Crippen LogP contribution in [0.25, 0.3) is 0 Å². The fourth-order valence-corrected chi connectivity index (χ4v) is 3.89. The van der Waals surface area contributed by atoms with E-state index in [1.165, 1.54) is 5.56 Å². The van der Waals surface area contributed by atoms with Crippen LogP contribution in [0.15, 0.2) is 78.9 Å². The minimum absolute atomic E-state index is 0.140. The molecule has 0 aliphatic carbocycles. The lowest BCUT2D eigenvalue weighted by atomic mass is 10.0. The third kappa shape index (κ3) is 6.45. The van der Waals surface area contributed by atoms with Crippen molar-refractivity contribution in [1.29, 1.82) is 0 Å². The van der Waals surface area contributed by atoms with E-state index in [2.05, 4.69) is 28.9 Å². The number of aromatic carboxylic acids is 1. The Morgan fingerprint density at radius 2 is 1.88 bits per heavy atom. The number of amides is 1. The highest BCUT2D eigenvalue weighted by atomic mass is 16.4. The monoisotopic (exact) mass is 446 g/mol. The van der Waals surface area contributed by atoms with Gasteiger partial charge in [0, 0.05) is 13.1 Å². The Bertz CT molecular complexity index is 1040. The number of para-hydroxylation sites is 1. The molecule has 0 bridgehead atoms. The summed E-state index contributed by atoms with van der Waals surface area (Å²) in [4.78, 5) is 26.5. The van der Waals surface area contributed by atoms with Gasteiger partial charge in [-0.15, -0.1) is 0 Å². The van der Waals surface area contributed by atoms with Gasteiger partial charge in [-0.3, -0.25) is 4.79 Å². The first kappa shape index (κ1) is 25.7. The molecule has 3 rings (SSSR count). The number of carbonyl (C=O) groups is 2. The van der Waals surface area contributed by atoms with Gasteiger partial charge in [0.25, 0.3) is 5.91 Å². The fourth-order valence-electron chi connectivity index (χ4n) is 3.89. The van der Waals surface area contributed by atoms with Crippen molar-refractivity contribution in [1.82, 2.24) is 5.32 Å². The lowest BCUT2D eigenvalue weighted by Crippen LogP contribution is -2.30. The second-order valence-electron chi connectivity index (χ2n) is 7.58. The van der Waals surface area contributed by atoms with E-state index in [1.54, 1.807) is 30.3 Å². The topological polar surface area (TPSA) is 69.6 Å². The summed E-state index contributed by atoms with van der Waals surface area (Å²) < 4.78 is 0. The summed E-state index contributed by atoms with van der Waals surface area (Å²) in [5.74, 6) is -1.11. The van der Waals surface area contributed by atoms with E-state index in [4.69, 9.17) is 5.11 Å². The van der Waals surface area contributed by atoms with Crippen molar-refractivity contribution in [3.05, 3.63) is 101 Å². The Morgan fingerprint density at radius 1 is 1.18 bits per heavy atom. The normalized spacial score (nSPS) is 13.7. The maximum Gasteiger partial charge on any atom is 0.335 e. The molecule has 5 nitrogen and oxygen atoms in total. The molecular weight excluding hydrogens is 412 g/mol. The third-order valence-corrected chi connectivity index (χ3v) is 5.42. The van der Waals surface area contributed by atoms with E-state index in [0.717, 1.165) is 29.8 Å². The van der Waals surface area contributed by atoms with Gasteiger partial charge in [-0.25, -0.2) is 4.79 Å². The Labute approximate surface area is 197 Å². The molecule has 0 unspecified atom stereocenters.